The highest BCUT2D eigenvalue weighted by molar-refractivity contribution is 5.86. The number of benzene rings is 3. The number of likely N-dealkylation sites (tertiary alicyclic amines) is 1. The fourth-order valence-electron chi connectivity index (χ4n) is 8.60. The summed E-state index contributed by atoms with van der Waals surface area (Å²) in [6.07, 6.45) is 5.23. The molecule has 1 aromatic heterocycles. The maximum atomic E-state index is 11.1. The lowest BCUT2D eigenvalue weighted by atomic mass is 9.48. The van der Waals surface area contributed by atoms with Gasteiger partial charge in [-0.15, -0.1) is 0 Å². The molecule has 3 heterocycles. The summed E-state index contributed by atoms with van der Waals surface area (Å²) in [6, 6.07) is 23.5. The minimum Gasteiger partial charge on any atom is -0.504 e. The summed E-state index contributed by atoms with van der Waals surface area (Å²) < 4.78 is 14.3. The number of rotatable bonds is 5. The van der Waals surface area contributed by atoms with Gasteiger partial charge in [-0.1, -0.05) is 54.6 Å². The number of ether oxygens (including phenoxy) is 2. The number of hydrogen-bond acceptors (Lipinski definition) is 4. The Morgan fingerprint density at radius 2 is 1.87 bits per heavy atom. The van der Waals surface area contributed by atoms with E-state index < -0.39 is 5.60 Å². The van der Waals surface area contributed by atoms with Gasteiger partial charge in [0.25, 0.3) is 0 Å². The lowest BCUT2D eigenvalue weighted by molar-refractivity contribution is -0.210. The number of phenols is 1. The number of nitrogens with zero attached hydrogens (tertiary/aromatic N) is 1. The Labute approximate surface area is 222 Å². The van der Waals surface area contributed by atoms with Crippen molar-refractivity contribution in [3.05, 3.63) is 94.7 Å². The van der Waals surface area contributed by atoms with E-state index in [4.69, 9.17) is 9.47 Å². The van der Waals surface area contributed by atoms with E-state index in [0.717, 1.165) is 43.8 Å². The average molecular weight is 505 g/mol. The Morgan fingerprint density at radius 3 is 2.74 bits per heavy atom. The van der Waals surface area contributed by atoms with Crippen molar-refractivity contribution in [2.75, 3.05) is 13.1 Å². The number of para-hydroxylation sites is 1. The number of fused-ring (bicyclic) bond motifs is 4. The average Bonchev–Trinajstić information content (AvgIpc) is 3.58. The highest BCUT2D eigenvalue weighted by Crippen LogP contribution is 2.70. The van der Waals surface area contributed by atoms with Gasteiger partial charge in [0.15, 0.2) is 17.6 Å². The quantitative estimate of drug-likeness (QED) is 0.361. The fourth-order valence-corrected chi connectivity index (χ4v) is 8.60. The van der Waals surface area contributed by atoms with Crippen LogP contribution in [-0.4, -0.2) is 39.7 Å². The summed E-state index contributed by atoms with van der Waals surface area (Å²) in [5.74, 6) is 1.75. The van der Waals surface area contributed by atoms with Gasteiger partial charge in [0, 0.05) is 35.5 Å². The van der Waals surface area contributed by atoms with Crippen molar-refractivity contribution in [2.45, 2.75) is 61.9 Å². The third-order valence-corrected chi connectivity index (χ3v) is 10.4. The Morgan fingerprint density at radius 1 is 1.03 bits per heavy atom. The number of phenolic OH excluding ortho intramolecular Hbond substituents is 1. The summed E-state index contributed by atoms with van der Waals surface area (Å²) in [5.41, 5.74) is 6.58. The van der Waals surface area contributed by atoms with Crippen molar-refractivity contribution in [3.63, 3.8) is 0 Å². The van der Waals surface area contributed by atoms with Crippen LogP contribution in [0.15, 0.2) is 66.7 Å². The molecule has 38 heavy (non-hydrogen) atoms. The van der Waals surface area contributed by atoms with Crippen LogP contribution < -0.4 is 4.74 Å². The number of H-pyrrole nitrogens is 1. The fraction of sp³-hybridized carbons (Fsp3) is 0.394. The number of aromatic amines is 1. The van der Waals surface area contributed by atoms with E-state index in [1.54, 1.807) is 0 Å². The number of piperidine rings is 1. The topological polar surface area (TPSA) is 57.7 Å². The molecule has 192 valence electrons. The highest BCUT2D eigenvalue weighted by Gasteiger charge is 2.74. The van der Waals surface area contributed by atoms with Gasteiger partial charge in [0.2, 0.25) is 0 Å². The molecular formula is C33H32N2O3. The summed E-state index contributed by atoms with van der Waals surface area (Å²) in [7, 11) is 0. The van der Waals surface area contributed by atoms with E-state index in [9.17, 15) is 5.11 Å². The van der Waals surface area contributed by atoms with Gasteiger partial charge in [-0.2, -0.15) is 0 Å². The molecule has 5 aliphatic rings. The van der Waals surface area contributed by atoms with Crippen LogP contribution in [0.25, 0.3) is 10.9 Å². The van der Waals surface area contributed by atoms with Crippen LogP contribution in [-0.2, 0) is 29.6 Å². The third kappa shape index (κ3) is 2.64. The van der Waals surface area contributed by atoms with Gasteiger partial charge in [0.05, 0.1) is 17.7 Å². The number of aromatic nitrogens is 1. The minimum absolute atomic E-state index is 0.206. The maximum absolute atomic E-state index is 11.1. The molecule has 1 spiro atoms. The molecule has 0 radical (unpaired) electrons. The van der Waals surface area contributed by atoms with Crippen LogP contribution in [0.3, 0.4) is 0 Å². The monoisotopic (exact) mass is 504 g/mol. The van der Waals surface area contributed by atoms with Gasteiger partial charge in [-0.05, 0) is 67.0 Å². The van der Waals surface area contributed by atoms with Crippen molar-refractivity contribution in [3.8, 4) is 11.5 Å². The first-order chi connectivity index (χ1) is 18.7. The zero-order chi connectivity index (χ0) is 25.1. The number of aromatic hydroxyl groups is 1. The van der Waals surface area contributed by atoms with E-state index in [1.807, 2.05) is 6.07 Å². The number of nitrogens with one attached hydrogen (secondary N) is 1. The van der Waals surface area contributed by atoms with Crippen LogP contribution in [0.5, 0.6) is 11.5 Å². The molecule has 0 amide bonds. The van der Waals surface area contributed by atoms with Gasteiger partial charge in [-0.25, -0.2) is 0 Å². The zero-order valence-electron chi connectivity index (χ0n) is 21.5. The van der Waals surface area contributed by atoms with Crippen LogP contribution in [0.2, 0.25) is 0 Å². The standard InChI is InChI=1S/C33H32N2O3/c36-26-13-12-22-16-27-33(37-19-21-6-2-1-3-7-21)17-24-23-8-4-5-9-25(23)34-29(24)31-32(33,28(22)30(26)38-31)14-15-35(27)18-20-10-11-20/h1-9,12-13,20,27,31,34,36H,10-11,14-19H2/t27-,31+,32+,33-/m1/s1. The molecule has 4 atom stereocenters. The summed E-state index contributed by atoms with van der Waals surface area (Å²) in [6.45, 7) is 2.77. The van der Waals surface area contributed by atoms with Crippen LogP contribution in [0.4, 0.5) is 0 Å². The maximum Gasteiger partial charge on any atom is 0.166 e. The molecule has 1 saturated heterocycles. The molecule has 3 aromatic carbocycles. The van der Waals surface area contributed by atoms with Gasteiger partial charge < -0.3 is 19.6 Å². The predicted molar refractivity (Wildman–Crippen MR) is 146 cm³/mol. The van der Waals surface area contributed by atoms with Crippen molar-refractivity contribution < 1.29 is 14.6 Å². The predicted octanol–water partition coefficient (Wildman–Crippen LogP) is 5.80. The molecular weight excluding hydrogens is 472 g/mol. The Hall–Kier alpha value is -3.28. The lowest BCUT2D eigenvalue weighted by Gasteiger charge is -2.64. The van der Waals surface area contributed by atoms with Crippen molar-refractivity contribution in [1.29, 1.82) is 0 Å². The Bertz CT molecular complexity index is 1590. The first-order valence-electron chi connectivity index (χ1n) is 14.2. The normalized spacial score (nSPS) is 30.6. The van der Waals surface area contributed by atoms with E-state index in [0.29, 0.717) is 12.4 Å². The van der Waals surface area contributed by atoms with Crippen molar-refractivity contribution >= 4 is 10.9 Å². The minimum atomic E-state index is -0.454. The highest BCUT2D eigenvalue weighted by atomic mass is 16.5. The second-order valence-corrected chi connectivity index (χ2v) is 12.2. The van der Waals surface area contributed by atoms with Crippen LogP contribution in [0.1, 0.15) is 53.3 Å². The van der Waals surface area contributed by atoms with Crippen molar-refractivity contribution in [2.24, 2.45) is 5.92 Å². The second-order valence-electron chi connectivity index (χ2n) is 12.2. The largest absolute Gasteiger partial charge is 0.504 e. The summed E-state index contributed by atoms with van der Waals surface area (Å²) in [5, 5.41) is 12.3. The van der Waals surface area contributed by atoms with E-state index >= 15 is 0 Å². The van der Waals surface area contributed by atoms with Crippen molar-refractivity contribution in [1.82, 2.24) is 9.88 Å². The summed E-state index contributed by atoms with van der Waals surface area (Å²) in [4.78, 5) is 6.54. The molecule has 2 N–H and O–H groups in total. The van der Waals surface area contributed by atoms with Crippen LogP contribution in [0, 0.1) is 5.92 Å². The van der Waals surface area contributed by atoms with Gasteiger partial charge in [-0.3, -0.25) is 4.90 Å². The third-order valence-electron chi connectivity index (χ3n) is 10.4. The Kier molecular flexibility index (Phi) is 4.23. The molecule has 4 aromatic rings. The van der Waals surface area contributed by atoms with E-state index in [-0.39, 0.29) is 23.3 Å². The van der Waals surface area contributed by atoms with E-state index in [2.05, 4.69) is 70.5 Å². The number of hydrogen-bond donors (Lipinski definition) is 2. The first-order valence-corrected chi connectivity index (χ1v) is 14.2. The molecule has 2 bridgehead atoms. The molecule has 3 aliphatic carbocycles. The first kappa shape index (κ1) is 21.6. The molecule has 9 rings (SSSR count). The Balaban J connectivity index is 1.31. The SMILES string of the molecule is Oc1ccc2c3c1O[C@H]1c4[nH]c5ccccc5c4C[C@@]4(OCc5ccccc5)[C@@H](C2)N(CC2CC2)CC[C@]314. The smallest absolute Gasteiger partial charge is 0.166 e. The zero-order valence-corrected chi connectivity index (χ0v) is 21.5. The summed E-state index contributed by atoms with van der Waals surface area (Å²) >= 11 is 0. The molecule has 1 saturated carbocycles. The second kappa shape index (κ2) is 7.43. The molecule has 5 nitrogen and oxygen atoms in total. The van der Waals surface area contributed by atoms with Gasteiger partial charge in [0.1, 0.15) is 5.60 Å². The molecule has 5 heteroatoms. The lowest BCUT2D eigenvalue weighted by Crippen LogP contribution is -2.75. The molecule has 0 unspecified atom stereocenters. The molecule has 2 aliphatic heterocycles. The van der Waals surface area contributed by atoms with E-state index in [1.165, 1.54) is 46.2 Å². The van der Waals surface area contributed by atoms with Crippen LogP contribution >= 0.6 is 0 Å². The molecule has 2 fully saturated rings. The van der Waals surface area contributed by atoms with Gasteiger partial charge >= 0.3 is 0 Å².